The summed E-state index contributed by atoms with van der Waals surface area (Å²) in [7, 11) is -2.09. The van der Waals surface area contributed by atoms with Gasteiger partial charge < -0.3 is 9.64 Å². The molecular weight excluding hydrogens is 412 g/mol. The van der Waals surface area contributed by atoms with E-state index in [1.807, 2.05) is 24.3 Å². The van der Waals surface area contributed by atoms with Gasteiger partial charge in [-0.1, -0.05) is 18.2 Å². The molecule has 1 fully saturated rings. The lowest BCUT2D eigenvalue weighted by Crippen LogP contribution is -2.50. The third kappa shape index (κ3) is 3.96. The van der Waals surface area contributed by atoms with Crippen molar-refractivity contribution in [2.75, 3.05) is 33.3 Å². The standard InChI is InChI=1S/C19H20N4O4S2/c1-27-15-7-5-14(6-8-15)13-18(24)22-9-11-23(12-10-22)29(25,26)17-4-2-3-16-19(17)21-28-20-16/h2-8H,9-13H2,1H3. The first-order valence-electron chi connectivity index (χ1n) is 9.11. The molecule has 10 heteroatoms. The van der Waals surface area contributed by atoms with Crippen LogP contribution in [0.25, 0.3) is 11.0 Å². The first-order valence-corrected chi connectivity index (χ1v) is 11.3. The predicted octanol–water partition coefficient (Wildman–Crippen LogP) is 1.78. The van der Waals surface area contributed by atoms with E-state index in [2.05, 4.69) is 8.75 Å². The number of methoxy groups -OCH3 is 1. The lowest BCUT2D eigenvalue weighted by Gasteiger charge is -2.34. The Balaban J connectivity index is 1.42. The normalized spacial score (nSPS) is 15.6. The molecule has 1 aliphatic rings. The maximum atomic E-state index is 13.1. The van der Waals surface area contributed by atoms with Crippen molar-refractivity contribution in [1.82, 2.24) is 18.0 Å². The van der Waals surface area contributed by atoms with Gasteiger partial charge in [-0.2, -0.15) is 13.1 Å². The Hall–Kier alpha value is -2.56. The van der Waals surface area contributed by atoms with Gasteiger partial charge in [-0.05, 0) is 29.8 Å². The van der Waals surface area contributed by atoms with Crippen molar-refractivity contribution in [3.8, 4) is 5.75 Å². The molecule has 2 heterocycles. The van der Waals surface area contributed by atoms with Gasteiger partial charge in [0.25, 0.3) is 0 Å². The number of nitrogens with zero attached hydrogens (tertiary/aromatic N) is 4. The monoisotopic (exact) mass is 432 g/mol. The van der Waals surface area contributed by atoms with Gasteiger partial charge in [0, 0.05) is 26.2 Å². The summed E-state index contributed by atoms with van der Waals surface area (Å²) < 4.78 is 40.9. The smallest absolute Gasteiger partial charge is 0.245 e. The molecule has 152 valence electrons. The fraction of sp³-hybridized carbons (Fsp3) is 0.316. The van der Waals surface area contributed by atoms with Crippen LogP contribution in [0.2, 0.25) is 0 Å². The van der Waals surface area contributed by atoms with Gasteiger partial charge in [-0.15, -0.1) is 0 Å². The highest BCUT2D eigenvalue weighted by molar-refractivity contribution is 7.89. The van der Waals surface area contributed by atoms with Crippen LogP contribution < -0.4 is 4.74 Å². The van der Waals surface area contributed by atoms with Crippen LogP contribution in [-0.4, -0.2) is 65.6 Å². The molecule has 0 radical (unpaired) electrons. The largest absolute Gasteiger partial charge is 0.497 e. The molecule has 0 unspecified atom stereocenters. The topological polar surface area (TPSA) is 92.7 Å². The molecule has 0 aliphatic carbocycles. The fourth-order valence-electron chi connectivity index (χ4n) is 3.34. The van der Waals surface area contributed by atoms with Crippen molar-refractivity contribution in [3.63, 3.8) is 0 Å². The fourth-order valence-corrected chi connectivity index (χ4v) is 5.51. The average Bonchev–Trinajstić information content (AvgIpc) is 3.23. The average molecular weight is 433 g/mol. The Morgan fingerprint density at radius 2 is 1.79 bits per heavy atom. The van der Waals surface area contributed by atoms with Gasteiger partial charge in [0.1, 0.15) is 21.7 Å². The Kier molecular flexibility index (Phi) is 5.48. The van der Waals surface area contributed by atoms with E-state index in [-0.39, 0.29) is 30.3 Å². The zero-order valence-electron chi connectivity index (χ0n) is 15.8. The maximum absolute atomic E-state index is 13.1. The second kappa shape index (κ2) is 8.05. The molecule has 3 aromatic rings. The molecule has 0 N–H and O–H groups in total. The number of fused-ring (bicyclic) bond motifs is 1. The number of piperazine rings is 1. The van der Waals surface area contributed by atoms with E-state index < -0.39 is 10.0 Å². The van der Waals surface area contributed by atoms with Crippen molar-refractivity contribution >= 4 is 38.7 Å². The van der Waals surface area contributed by atoms with Crippen LogP contribution in [0.5, 0.6) is 5.75 Å². The zero-order valence-corrected chi connectivity index (χ0v) is 17.4. The van der Waals surface area contributed by atoms with Crippen molar-refractivity contribution in [3.05, 3.63) is 48.0 Å². The summed E-state index contributed by atoms with van der Waals surface area (Å²) in [4.78, 5) is 14.5. The van der Waals surface area contributed by atoms with E-state index in [0.717, 1.165) is 23.0 Å². The number of carbonyl (C=O) groups is 1. The van der Waals surface area contributed by atoms with Crippen LogP contribution in [0, 0.1) is 0 Å². The van der Waals surface area contributed by atoms with Crippen LogP contribution in [-0.2, 0) is 21.2 Å². The molecule has 29 heavy (non-hydrogen) atoms. The van der Waals surface area contributed by atoms with E-state index in [9.17, 15) is 13.2 Å². The number of benzene rings is 2. The van der Waals surface area contributed by atoms with Crippen molar-refractivity contribution in [1.29, 1.82) is 0 Å². The van der Waals surface area contributed by atoms with E-state index in [4.69, 9.17) is 4.74 Å². The minimum absolute atomic E-state index is 0.0157. The lowest BCUT2D eigenvalue weighted by molar-refractivity contribution is -0.131. The predicted molar refractivity (Wildman–Crippen MR) is 109 cm³/mol. The summed E-state index contributed by atoms with van der Waals surface area (Å²) in [6, 6.07) is 12.3. The Labute approximate surface area is 173 Å². The van der Waals surface area contributed by atoms with Gasteiger partial charge in [-0.25, -0.2) is 8.42 Å². The Morgan fingerprint density at radius 1 is 1.07 bits per heavy atom. The third-order valence-electron chi connectivity index (χ3n) is 4.97. The SMILES string of the molecule is COc1ccc(CC(=O)N2CCN(S(=O)(=O)c3cccc4nsnc34)CC2)cc1. The Bertz CT molecular complexity index is 1120. The minimum Gasteiger partial charge on any atom is -0.497 e. The molecule has 2 aromatic carbocycles. The number of carbonyl (C=O) groups excluding carboxylic acids is 1. The minimum atomic E-state index is -3.69. The molecule has 0 saturated carbocycles. The highest BCUT2D eigenvalue weighted by Gasteiger charge is 2.31. The van der Waals surface area contributed by atoms with E-state index >= 15 is 0 Å². The number of ether oxygens (including phenoxy) is 1. The maximum Gasteiger partial charge on any atom is 0.245 e. The van der Waals surface area contributed by atoms with Crippen molar-refractivity contribution in [2.45, 2.75) is 11.3 Å². The molecule has 1 saturated heterocycles. The van der Waals surface area contributed by atoms with E-state index in [0.29, 0.717) is 24.1 Å². The molecule has 0 atom stereocenters. The number of rotatable bonds is 5. The van der Waals surface area contributed by atoms with Gasteiger partial charge in [-0.3, -0.25) is 4.79 Å². The van der Waals surface area contributed by atoms with Crippen LogP contribution >= 0.6 is 11.7 Å². The van der Waals surface area contributed by atoms with E-state index in [1.54, 1.807) is 30.2 Å². The van der Waals surface area contributed by atoms with Crippen molar-refractivity contribution in [2.24, 2.45) is 0 Å². The number of amides is 1. The van der Waals surface area contributed by atoms with Crippen LogP contribution in [0.1, 0.15) is 5.56 Å². The number of hydrogen-bond donors (Lipinski definition) is 0. The van der Waals surface area contributed by atoms with Gasteiger partial charge >= 0.3 is 0 Å². The van der Waals surface area contributed by atoms with Gasteiger partial charge in [0.05, 0.1) is 25.3 Å². The summed E-state index contributed by atoms with van der Waals surface area (Å²) >= 11 is 0.994. The molecule has 1 aromatic heterocycles. The molecule has 8 nitrogen and oxygen atoms in total. The molecule has 1 aliphatic heterocycles. The second-order valence-electron chi connectivity index (χ2n) is 6.70. The highest BCUT2D eigenvalue weighted by Crippen LogP contribution is 2.25. The number of hydrogen-bond acceptors (Lipinski definition) is 7. The van der Waals surface area contributed by atoms with Gasteiger partial charge in [0.2, 0.25) is 15.9 Å². The number of aromatic nitrogens is 2. The number of sulfonamides is 1. The van der Waals surface area contributed by atoms with Crippen molar-refractivity contribution < 1.29 is 17.9 Å². The first-order chi connectivity index (χ1) is 14.0. The quantitative estimate of drug-likeness (QED) is 0.610. The molecule has 1 amide bonds. The highest BCUT2D eigenvalue weighted by atomic mass is 32.2. The summed E-state index contributed by atoms with van der Waals surface area (Å²) in [5, 5.41) is 0. The first kappa shape index (κ1) is 19.7. The summed E-state index contributed by atoms with van der Waals surface area (Å²) in [6.45, 7) is 1.23. The van der Waals surface area contributed by atoms with Crippen LogP contribution in [0.3, 0.4) is 0 Å². The second-order valence-corrected chi connectivity index (χ2v) is 9.13. The van der Waals surface area contributed by atoms with Crippen LogP contribution in [0.15, 0.2) is 47.4 Å². The molecular formula is C19H20N4O4S2. The summed E-state index contributed by atoms with van der Waals surface area (Å²) in [5.74, 6) is 0.725. The molecule has 0 bridgehead atoms. The summed E-state index contributed by atoms with van der Waals surface area (Å²) in [6.07, 6.45) is 0.278. The van der Waals surface area contributed by atoms with Gasteiger partial charge in [0.15, 0.2) is 0 Å². The lowest BCUT2D eigenvalue weighted by atomic mass is 10.1. The zero-order chi connectivity index (χ0) is 20.4. The van der Waals surface area contributed by atoms with Crippen LogP contribution in [0.4, 0.5) is 0 Å². The Morgan fingerprint density at radius 3 is 2.48 bits per heavy atom. The third-order valence-corrected chi connectivity index (χ3v) is 7.45. The van der Waals surface area contributed by atoms with E-state index in [1.165, 1.54) is 4.31 Å². The molecule has 0 spiro atoms. The molecule has 4 rings (SSSR count). The summed E-state index contributed by atoms with van der Waals surface area (Å²) in [5.41, 5.74) is 1.87.